The number of nitrogens with two attached hydrogens (primary N) is 1. The van der Waals surface area contributed by atoms with Crippen LogP contribution in [0.3, 0.4) is 0 Å². The molecule has 1 rings (SSSR count). The Balaban J connectivity index is 3.06. The summed E-state index contributed by atoms with van der Waals surface area (Å²) >= 11 is 3.13. The van der Waals surface area contributed by atoms with Gasteiger partial charge >= 0.3 is 0 Å². The number of hydrogen-bond donors (Lipinski definition) is 2. The maximum Gasteiger partial charge on any atom is 0.172 e. The van der Waals surface area contributed by atoms with Crippen LogP contribution in [0.4, 0.5) is 4.39 Å². The zero-order chi connectivity index (χ0) is 11.4. The monoisotopic (exact) mass is 277 g/mol. The minimum atomic E-state index is -1.18. The van der Waals surface area contributed by atoms with Gasteiger partial charge in [-0.3, -0.25) is 0 Å². The predicted octanol–water partition coefficient (Wildman–Crippen LogP) is 2.52. The van der Waals surface area contributed by atoms with Gasteiger partial charge < -0.3 is 15.6 Å². The molecule has 0 spiro atoms. The highest BCUT2D eigenvalue weighted by atomic mass is 79.9. The van der Waals surface area contributed by atoms with Crippen LogP contribution in [0.1, 0.15) is 18.2 Å². The van der Waals surface area contributed by atoms with Gasteiger partial charge in [-0.05, 0) is 35.0 Å². The smallest absolute Gasteiger partial charge is 0.172 e. The third-order valence-electron chi connectivity index (χ3n) is 2.09. The minimum absolute atomic E-state index is 0.0883. The van der Waals surface area contributed by atoms with E-state index in [1.807, 2.05) is 0 Å². The normalized spacial score (nSPS) is 12.5. The lowest BCUT2D eigenvalue weighted by atomic mass is 10.1. The van der Waals surface area contributed by atoms with E-state index in [1.54, 1.807) is 6.07 Å². The van der Waals surface area contributed by atoms with Crippen LogP contribution < -0.4 is 10.5 Å². The van der Waals surface area contributed by atoms with E-state index in [1.165, 1.54) is 13.2 Å². The average Bonchev–Trinajstić information content (AvgIpc) is 2.22. The molecule has 0 saturated heterocycles. The van der Waals surface area contributed by atoms with Gasteiger partial charge in [-0.15, -0.1) is 0 Å². The van der Waals surface area contributed by atoms with E-state index in [4.69, 9.17) is 10.5 Å². The lowest BCUT2D eigenvalue weighted by Gasteiger charge is -2.12. The van der Waals surface area contributed by atoms with Crippen LogP contribution in [0.25, 0.3) is 0 Å². The standard InChI is InChI=1S/C10H13BrFNO2/c1-15-8-3-2-6(7(12)4-5-13)9(11)10(8)14/h2-3,7,14H,4-5,13H2,1H3. The Hall–Kier alpha value is -0.810. The summed E-state index contributed by atoms with van der Waals surface area (Å²) in [5.74, 6) is 0.222. The first-order valence-corrected chi connectivity index (χ1v) is 5.30. The van der Waals surface area contributed by atoms with E-state index in [0.29, 0.717) is 15.8 Å². The Kier molecular flexibility index (Phi) is 4.35. The second kappa shape index (κ2) is 5.32. The number of aromatic hydroxyl groups is 1. The van der Waals surface area contributed by atoms with Crippen molar-refractivity contribution in [2.24, 2.45) is 5.73 Å². The van der Waals surface area contributed by atoms with Crippen LogP contribution in [0, 0.1) is 0 Å². The molecule has 1 unspecified atom stereocenters. The molecule has 5 heteroatoms. The zero-order valence-electron chi connectivity index (χ0n) is 8.34. The van der Waals surface area contributed by atoms with Crippen LogP contribution in [-0.4, -0.2) is 18.8 Å². The SMILES string of the molecule is COc1ccc(C(F)CCN)c(Br)c1O. The van der Waals surface area contributed by atoms with Crippen molar-refractivity contribution in [3.05, 3.63) is 22.2 Å². The van der Waals surface area contributed by atoms with Gasteiger partial charge in [0.1, 0.15) is 6.17 Å². The molecule has 0 aliphatic heterocycles. The number of phenols is 1. The highest BCUT2D eigenvalue weighted by molar-refractivity contribution is 9.10. The molecule has 84 valence electrons. The second-order valence-corrected chi connectivity index (χ2v) is 3.86. The number of benzene rings is 1. The molecule has 1 aromatic carbocycles. The molecule has 3 N–H and O–H groups in total. The molecule has 0 aromatic heterocycles. The lowest BCUT2D eigenvalue weighted by molar-refractivity contribution is 0.322. The maximum atomic E-state index is 13.6. The average molecular weight is 278 g/mol. The van der Waals surface area contributed by atoms with Gasteiger partial charge in [0.15, 0.2) is 11.5 Å². The fourth-order valence-corrected chi connectivity index (χ4v) is 1.85. The van der Waals surface area contributed by atoms with Crippen LogP contribution in [0.15, 0.2) is 16.6 Å². The number of rotatable bonds is 4. The van der Waals surface area contributed by atoms with Crippen molar-refractivity contribution in [1.82, 2.24) is 0 Å². The molecule has 0 aliphatic rings. The number of methoxy groups -OCH3 is 1. The van der Waals surface area contributed by atoms with Gasteiger partial charge in [-0.2, -0.15) is 0 Å². The van der Waals surface area contributed by atoms with Crippen molar-refractivity contribution in [2.75, 3.05) is 13.7 Å². The first-order valence-electron chi connectivity index (χ1n) is 4.51. The highest BCUT2D eigenvalue weighted by Gasteiger charge is 2.17. The van der Waals surface area contributed by atoms with Crippen molar-refractivity contribution in [2.45, 2.75) is 12.6 Å². The molecule has 0 amide bonds. The van der Waals surface area contributed by atoms with Crippen molar-refractivity contribution >= 4 is 15.9 Å². The molecule has 0 aliphatic carbocycles. The quantitative estimate of drug-likeness (QED) is 0.889. The highest BCUT2D eigenvalue weighted by Crippen LogP contribution is 2.40. The third kappa shape index (κ3) is 2.60. The van der Waals surface area contributed by atoms with Crippen LogP contribution >= 0.6 is 15.9 Å². The van der Waals surface area contributed by atoms with E-state index in [9.17, 15) is 9.50 Å². The third-order valence-corrected chi connectivity index (χ3v) is 2.92. The summed E-state index contributed by atoms with van der Waals surface area (Å²) in [6.45, 7) is 0.264. The molecule has 0 heterocycles. The maximum absolute atomic E-state index is 13.6. The minimum Gasteiger partial charge on any atom is -0.503 e. The van der Waals surface area contributed by atoms with Crippen molar-refractivity contribution in [1.29, 1.82) is 0 Å². The predicted molar refractivity (Wildman–Crippen MR) is 59.9 cm³/mol. The Bertz CT molecular complexity index is 346. The van der Waals surface area contributed by atoms with E-state index in [2.05, 4.69) is 15.9 Å². The van der Waals surface area contributed by atoms with Gasteiger partial charge in [-0.1, -0.05) is 6.07 Å². The van der Waals surface area contributed by atoms with Crippen LogP contribution in [-0.2, 0) is 0 Å². The molecule has 3 nitrogen and oxygen atoms in total. The van der Waals surface area contributed by atoms with Crippen molar-refractivity contribution < 1.29 is 14.2 Å². The summed E-state index contributed by atoms with van der Waals surface area (Å²) in [7, 11) is 1.44. The fourth-order valence-electron chi connectivity index (χ4n) is 1.27. The van der Waals surface area contributed by atoms with Gasteiger partial charge in [0, 0.05) is 5.56 Å². The number of hydrogen-bond acceptors (Lipinski definition) is 3. The van der Waals surface area contributed by atoms with Gasteiger partial charge in [0.05, 0.1) is 11.6 Å². The lowest BCUT2D eigenvalue weighted by Crippen LogP contribution is -2.04. The molecule has 0 saturated carbocycles. The molecule has 1 aromatic rings. The van der Waals surface area contributed by atoms with E-state index >= 15 is 0 Å². The Morgan fingerprint density at radius 2 is 2.27 bits per heavy atom. The second-order valence-electron chi connectivity index (χ2n) is 3.06. The summed E-state index contributed by atoms with van der Waals surface area (Å²) in [4.78, 5) is 0. The van der Waals surface area contributed by atoms with E-state index in [0.717, 1.165) is 0 Å². The van der Waals surface area contributed by atoms with E-state index in [-0.39, 0.29) is 18.7 Å². The summed E-state index contributed by atoms with van der Waals surface area (Å²) in [6.07, 6.45) is -0.953. The first kappa shape index (κ1) is 12.3. The zero-order valence-corrected chi connectivity index (χ0v) is 9.92. The Morgan fingerprint density at radius 3 is 2.80 bits per heavy atom. The van der Waals surface area contributed by atoms with Gasteiger partial charge in [-0.25, -0.2) is 4.39 Å². The molecule has 0 radical (unpaired) electrons. The van der Waals surface area contributed by atoms with Crippen molar-refractivity contribution in [3.63, 3.8) is 0 Å². The topological polar surface area (TPSA) is 55.5 Å². The molecule has 0 fully saturated rings. The fraction of sp³-hybridized carbons (Fsp3) is 0.400. The number of alkyl halides is 1. The molecule has 15 heavy (non-hydrogen) atoms. The molecular formula is C10H13BrFNO2. The Morgan fingerprint density at radius 1 is 1.60 bits per heavy atom. The van der Waals surface area contributed by atoms with Gasteiger partial charge in [0.25, 0.3) is 0 Å². The summed E-state index contributed by atoms with van der Waals surface area (Å²) in [5.41, 5.74) is 5.66. The number of halogens is 2. The van der Waals surface area contributed by atoms with Crippen LogP contribution in [0.2, 0.25) is 0 Å². The molecule has 0 bridgehead atoms. The Labute approximate surface area is 96.2 Å². The summed E-state index contributed by atoms with van der Waals surface area (Å²) in [6, 6.07) is 3.10. The van der Waals surface area contributed by atoms with E-state index < -0.39 is 6.17 Å². The van der Waals surface area contributed by atoms with Crippen LogP contribution in [0.5, 0.6) is 11.5 Å². The first-order chi connectivity index (χ1) is 7.11. The summed E-state index contributed by atoms with van der Waals surface area (Å²) in [5, 5.41) is 9.63. The molecular weight excluding hydrogens is 265 g/mol. The molecule has 1 atom stereocenters. The van der Waals surface area contributed by atoms with Crippen molar-refractivity contribution in [3.8, 4) is 11.5 Å². The largest absolute Gasteiger partial charge is 0.503 e. The number of phenolic OH excluding ortho intramolecular Hbond substituents is 1. The van der Waals surface area contributed by atoms with Gasteiger partial charge in [0.2, 0.25) is 0 Å². The number of ether oxygens (including phenoxy) is 1. The summed E-state index contributed by atoms with van der Waals surface area (Å²) < 4.78 is 18.8.